The van der Waals surface area contributed by atoms with Crippen LogP contribution in [0.25, 0.3) is 0 Å². The first kappa shape index (κ1) is 18.8. The summed E-state index contributed by atoms with van der Waals surface area (Å²) in [7, 11) is 3.19. The van der Waals surface area contributed by atoms with Crippen molar-refractivity contribution in [2.24, 2.45) is 0 Å². The number of aryl methyl sites for hydroxylation is 3. The molecule has 2 aromatic rings. The van der Waals surface area contributed by atoms with Crippen molar-refractivity contribution >= 4 is 11.6 Å². The Kier molecular flexibility index (Phi) is 5.41. The summed E-state index contributed by atoms with van der Waals surface area (Å²) >= 11 is 0. The molecule has 2 rings (SSSR count). The number of carbonyl (C=O) groups excluding carboxylic acids is 1. The smallest absolute Gasteiger partial charge is 0.234 e. The minimum Gasteiger partial charge on any atom is -0.493 e. The molecular weight excluding hydrogens is 314 g/mol. The minimum atomic E-state index is -0.719. The van der Waals surface area contributed by atoms with Crippen molar-refractivity contribution in [3.63, 3.8) is 0 Å². The van der Waals surface area contributed by atoms with Crippen molar-refractivity contribution < 1.29 is 14.3 Å². The number of hydrogen-bond acceptors (Lipinski definition) is 3. The Hall–Kier alpha value is -2.49. The molecule has 1 amide bonds. The highest BCUT2D eigenvalue weighted by molar-refractivity contribution is 5.99. The van der Waals surface area contributed by atoms with Gasteiger partial charge in [-0.25, -0.2) is 0 Å². The van der Waals surface area contributed by atoms with E-state index in [2.05, 4.69) is 24.4 Å². The van der Waals surface area contributed by atoms with E-state index in [0.29, 0.717) is 11.5 Å². The Bertz CT molecular complexity index is 771. The van der Waals surface area contributed by atoms with Gasteiger partial charge in [0.25, 0.3) is 0 Å². The van der Waals surface area contributed by atoms with Gasteiger partial charge in [-0.2, -0.15) is 0 Å². The summed E-state index contributed by atoms with van der Waals surface area (Å²) in [6.45, 7) is 9.89. The zero-order valence-corrected chi connectivity index (χ0v) is 16.1. The van der Waals surface area contributed by atoms with Gasteiger partial charge in [-0.05, 0) is 63.4 Å². The number of hydrogen-bond donors (Lipinski definition) is 1. The molecule has 0 unspecified atom stereocenters. The molecule has 2 aromatic carbocycles. The predicted molar refractivity (Wildman–Crippen MR) is 102 cm³/mol. The molecule has 0 saturated heterocycles. The van der Waals surface area contributed by atoms with Crippen LogP contribution in [0.3, 0.4) is 0 Å². The fourth-order valence-electron chi connectivity index (χ4n) is 3.00. The molecule has 0 atom stereocenters. The van der Waals surface area contributed by atoms with Gasteiger partial charge in [0.15, 0.2) is 11.5 Å². The monoisotopic (exact) mass is 341 g/mol. The van der Waals surface area contributed by atoms with Crippen molar-refractivity contribution in [3.05, 3.63) is 52.6 Å². The summed E-state index contributed by atoms with van der Waals surface area (Å²) in [6, 6.07) is 9.73. The van der Waals surface area contributed by atoms with Crippen molar-refractivity contribution in [1.82, 2.24) is 0 Å². The highest BCUT2D eigenvalue weighted by atomic mass is 16.5. The molecular formula is C21H27NO3. The zero-order chi connectivity index (χ0) is 18.8. The van der Waals surface area contributed by atoms with Crippen LogP contribution in [-0.2, 0) is 10.2 Å². The standard InChI is InChI=1S/C21H27NO3/c1-13-10-14(2)19(15(3)11-13)22-20(23)21(4,5)16-8-9-17(24-6)18(12-16)25-7/h8-12H,1-7H3,(H,22,23). The fraction of sp³-hybridized carbons (Fsp3) is 0.381. The zero-order valence-electron chi connectivity index (χ0n) is 16.1. The first-order valence-electron chi connectivity index (χ1n) is 8.32. The third kappa shape index (κ3) is 3.78. The van der Waals surface area contributed by atoms with Gasteiger partial charge < -0.3 is 14.8 Å². The number of amides is 1. The van der Waals surface area contributed by atoms with Crippen LogP contribution in [0.1, 0.15) is 36.1 Å². The van der Waals surface area contributed by atoms with Crippen molar-refractivity contribution in [1.29, 1.82) is 0 Å². The first-order valence-corrected chi connectivity index (χ1v) is 8.32. The summed E-state index contributed by atoms with van der Waals surface area (Å²) in [4.78, 5) is 13.0. The summed E-state index contributed by atoms with van der Waals surface area (Å²) in [5, 5.41) is 3.10. The van der Waals surface area contributed by atoms with E-state index in [9.17, 15) is 4.79 Å². The second kappa shape index (κ2) is 7.18. The molecule has 0 aromatic heterocycles. The van der Waals surface area contributed by atoms with E-state index in [-0.39, 0.29) is 5.91 Å². The van der Waals surface area contributed by atoms with Crippen LogP contribution in [-0.4, -0.2) is 20.1 Å². The van der Waals surface area contributed by atoms with Gasteiger partial charge in [-0.3, -0.25) is 4.79 Å². The van der Waals surface area contributed by atoms with E-state index >= 15 is 0 Å². The highest BCUT2D eigenvalue weighted by Gasteiger charge is 2.31. The lowest BCUT2D eigenvalue weighted by atomic mass is 9.83. The van der Waals surface area contributed by atoms with Crippen LogP contribution in [0, 0.1) is 20.8 Å². The largest absolute Gasteiger partial charge is 0.493 e. The van der Waals surface area contributed by atoms with Crippen LogP contribution in [0.5, 0.6) is 11.5 Å². The number of methoxy groups -OCH3 is 2. The topological polar surface area (TPSA) is 47.6 Å². The number of ether oxygens (including phenoxy) is 2. The molecule has 0 aliphatic rings. The minimum absolute atomic E-state index is 0.0604. The van der Waals surface area contributed by atoms with Crippen molar-refractivity contribution in [3.8, 4) is 11.5 Å². The number of rotatable bonds is 5. The van der Waals surface area contributed by atoms with Gasteiger partial charge in [0.1, 0.15) is 0 Å². The maximum Gasteiger partial charge on any atom is 0.234 e. The number of benzene rings is 2. The fourth-order valence-corrected chi connectivity index (χ4v) is 3.00. The highest BCUT2D eigenvalue weighted by Crippen LogP contribution is 2.34. The summed E-state index contributed by atoms with van der Waals surface area (Å²) in [5.74, 6) is 1.20. The number of nitrogens with one attached hydrogen (secondary N) is 1. The van der Waals surface area contributed by atoms with Gasteiger partial charge >= 0.3 is 0 Å². The average Bonchev–Trinajstić information content (AvgIpc) is 2.56. The third-order valence-corrected chi connectivity index (χ3v) is 4.59. The lowest BCUT2D eigenvalue weighted by Gasteiger charge is -2.26. The molecule has 0 radical (unpaired) electrons. The summed E-state index contributed by atoms with van der Waals surface area (Å²) in [5.41, 5.74) is 4.34. The van der Waals surface area contributed by atoms with E-state index in [0.717, 1.165) is 22.4 Å². The van der Waals surface area contributed by atoms with Crippen LogP contribution in [0.4, 0.5) is 5.69 Å². The van der Waals surface area contributed by atoms with Gasteiger partial charge in [0, 0.05) is 5.69 Å². The van der Waals surface area contributed by atoms with Crippen LogP contribution in [0.2, 0.25) is 0 Å². The summed E-state index contributed by atoms with van der Waals surface area (Å²) in [6.07, 6.45) is 0. The van der Waals surface area contributed by atoms with Crippen LogP contribution >= 0.6 is 0 Å². The Morgan fingerprint density at radius 3 is 2.00 bits per heavy atom. The quantitative estimate of drug-likeness (QED) is 0.868. The first-order chi connectivity index (χ1) is 11.7. The molecule has 0 bridgehead atoms. The second-order valence-corrected chi connectivity index (χ2v) is 6.92. The third-order valence-electron chi connectivity index (χ3n) is 4.59. The van der Waals surface area contributed by atoms with E-state index in [1.807, 2.05) is 45.9 Å². The predicted octanol–water partition coefficient (Wildman–Crippen LogP) is 4.55. The van der Waals surface area contributed by atoms with E-state index in [4.69, 9.17) is 9.47 Å². The molecule has 1 N–H and O–H groups in total. The second-order valence-electron chi connectivity index (χ2n) is 6.92. The van der Waals surface area contributed by atoms with Crippen LogP contribution < -0.4 is 14.8 Å². The lowest BCUT2D eigenvalue weighted by molar-refractivity contribution is -0.120. The number of carbonyl (C=O) groups is 1. The Balaban J connectivity index is 2.35. The van der Waals surface area contributed by atoms with Crippen molar-refractivity contribution in [2.75, 3.05) is 19.5 Å². The maximum atomic E-state index is 13.0. The Morgan fingerprint density at radius 1 is 0.920 bits per heavy atom. The van der Waals surface area contributed by atoms with E-state index in [1.54, 1.807) is 14.2 Å². The maximum absolute atomic E-state index is 13.0. The average molecular weight is 341 g/mol. The molecule has 0 aliphatic carbocycles. The molecule has 0 saturated carbocycles. The molecule has 4 heteroatoms. The molecule has 0 spiro atoms. The van der Waals surface area contributed by atoms with Crippen molar-refractivity contribution in [2.45, 2.75) is 40.0 Å². The lowest BCUT2D eigenvalue weighted by Crippen LogP contribution is -2.35. The molecule has 0 fully saturated rings. The molecule has 0 aliphatic heterocycles. The van der Waals surface area contributed by atoms with Gasteiger partial charge in [-0.1, -0.05) is 23.8 Å². The molecule has 0 heterocycles. The van der Waals surface area contributed by atoms with E-state index < -0.39 is 5.41 Å². The van der Waals surface area contributed by atoms with E-state index in [1.165, 1.54) is 5.56 Å². The SMILES string of the molecule is COc1ccc(C(C)(C)C(=O)Nc2c(C)cc(C)cc2C)cc1OC. The molecule has 4 nitrogen and oxygen atoms in total. The summed E-state index contributed by atoms with van der Waals surface area (Å²) < 4.78 is 10.6. The number of anilines is 1. The van der Waals surface area contributed by atoms with Gasteiger partial charge in [0.2, 0.25) is 5.91 Å². The Morgan fingerprint density at radius 2 is 1.48 bits per heavy atom. The van der Waals surface area contributed by atoms with Crippen LogP contribution in [0.15, 0.2) is 30.3 Å². The van der Waals surface area contributed by atoms with Gasteiger partial charge in [0.05, 0.1) is 19.6 Å². The Labute approximate surface area is 150 Å². The molecule has 25 heavy (non-hydrogen) atoms. The molecule has 134 valence electrons. The van der Waals surface area contributed by atoms with Gasteiger partial charge in [-0.15, -0.1) is 0 Å². The normalized spacial score (nSPS) is 11.2.